The van der Waals surface area contributed by atoms with Crippen molar-refractivity contribution in [2.24, 2.45) is 5.92 Å². The zero-order valence-electron chi connectivity index (χ0n) is 15.6. The number of carbonyl (C=O) groups is 1. The van der Waals surface area contributed by atoms with Crippen molar-refractivity contribution in [2.75, 3.05) is 18.4 Å². The number of fused-ring (bicyclic) bond motifs is 1. The third-order valence-corrected chi connectivity index (χ3v) is 5.04. The molecule has 4 heterocycles. The van der Waals surface area contributed by atoms with Crippen LogP contribution in [0.5, 0.6) is 0 Å². The Hall–Kier alpha value is -3.47. The van der Waals surface area contributed by atoms with Gasteiger partial charge in [-0.2, -0.15) is 5.26 Å². The van der Waals surface area contributed by atoms with Crippen LogP contribution in [0.2, 0.25) is 0 Å². The Labute approximate surface area is 162 Å². The summed E-state index contributed by atoms with van der Waals surface area (Å²) in [5, 5.41) is 13.5. The molecule has 3 aromatic heterocycles. The zero-order chi connectivity index (χ0) is 19.5. The summed E-state index contributed by atoms with van der Waals surface area (Å²) in [6.45, 7) is 3.39. The van der Waals surface area contributed by atoms with Gasteiger partial charge in [0.25, 0.3) is 0 Å². The second-order valence-corrected chi connectivity index (χ2v) is 7.20. The fourth-order valence-corrected chi connectivity index (χ4v) is 3.85. The highest BCUT2D eigenvalue weighted by Crippen LogP contribution is 2.34. The molecule has 3 aromatic rings. The van der Waals surface area contributed by atoms with Crippen LogP contribution in [-0.2, 0) is 4.79 Å². The van der Waals surface area contributed by atoms with Crippen LogP contribution in [0, 0.1) is 17.2 Å². The predicted octanol–water partition coefficient (Wildman–Crippen LogP) is 2.58. The summed E-state index contributed by atoms with van der Waals surface area (Å²) in [7, 11) is 0. The normalized spacial score (nSPS) is 19.4. The topological polar surface area (TPSA) is 111 Å². The van der Waals surface area contributed by atoms with Crippen LogP contribution in [0.3, 0.4) is 0 Å². The minimum absolute atomic E-state index is 0.0764. The van der Waals surface area contributed by atoms with Crippen molar-refractivity contribution in [3.8, 4) is 17.3 Å². The summed E-state index contributed by atoms with van der Waals surface area (Å²) in [5.74, 6) is 0.235. The smallest absolute Gasteiger partial charge is 0.236 e. The molecule has 1 aliphatic heterocycles. The lowest BCUT2D eigenvalue weighted by Gasteiger charge is -2.37. The molecular formula is C20H21N7O. The number of hydrogen-bond acceptors (Lipinski definition) is 6. The molecule has 1 amide bonds. The number of H-pyrrole nitrogens is 1. The second-order valence-electron chi connectivity index (χ2n) is 7.20. The molecule has 2 N–H and O–H groups in total. The molecule has 0 radical (unpaired) electrons. The molecule has 8 nitrogen and oxygen atoms in total. The summed E-state index contributed by atoms with van der Waals surface area (Å²) in [6.07, 6.45) is 7.74. The SMILES string of the molecule is C[C@@H]1CC(Nc2c(-c3ccncn3)cnc3[nH]ccc23)CN(C(=O)CC#N)C1. The number of piperidine rings is 1. The maximum Gasteiger partial charge on any atom is 0.236 e. The molecule has 1 saturated heterocycles. The van der Waals surface area contributed by atoms with Gasteiger partial charge in [-0.05, 0) is 24.5 Å². The molecule has 1 unspecified atom stereocenters. The third-order valence-electron chi connectivity index (χ3n) is 5.04. The van der Waals surface area contributed by atoms with Gasteiger partial charge in [0, 0.05) is 48.7 Å². The lowest BCUT2D eigenvalue weighted by molar-refractivity contribution is -0.132. The van der Waals surface area contributed by atoms with E-state index in [1.54, 1.807) is 17.3 Å². The highest BCUT2D eigenvalue weighted by Gasteiger charge is 2.28. The number of amides is 1. The van der Waals surface area contributed by atoms with Gasteiger partial charge in [0.05, 0.1) is 17.5 Å². The first-order valence-electron chi connectivity index (χ1n) is 9.29. The van der Waals surface area contributed by atoms with Gasteiger partial charge in [-0.25, -0.2) is 15.0 Å². The molecule has 1 fully saturated rings. The van der Waals surface area contributed by atoms with Crippen molar-refractivity contribution < 1.29 is 4.79 Å². The molecule has 0 spiro atoms. The van der Waals surface area contributed by atoms with E-state index in [1.807, 2.05) is 24.4 Å². The monoisotopic (exact) mass is 375 g/mol. The minimum Gasteiger partial charge on any atom is -0.379 e. The molecule has 0 aliphatic carbocycles. The molecule has 0 bridgehead atoms. The Bertz CT molecular complexity index is 1020. The third kappa shape index (κ3) is 3.51. The number of aromatic amines is 1. The van der Waals surface area contributed by atoms with E-state index in [0.717, 1.165) is 34.4 Å². The molecule has 142 valence electrons. The van der Waals surface area contributed by atoms with Gasteiger partial charge < -0.3 is 15.2 Å². The summed E-state index contributed by atoms with van der Waals surface area (Å²) in [5.41, 5.74) is 3.41. The predicted molar refractivity (Wildman–Crippen MR) is 105 cm³/mol. The number of hydrogen-bond donors (Lipinski definition) is 2. The van der Waals surface area contributed by atoms with Gasteiger partial charge in [-0.15, -0.1) is 0 Å². The summed E-state index contributed by atoms with van der Waals surface area (Å²) in [6, 6.07) is 5.87. The molecule has 0 saturated carbocycles. The highest BCUT2D eigenvalue weighted by atomic mass is 16.2. The molecular weight excluding hydrogens is 354 g/mol. The number of pyridine rings is 1. The van der Waals surface area contributed by atoms with Crippen LogP contribution < -0.4 is 5.32 Å². The van der Waals surface area contributed by atoms with Crippen LogP contribution in [-0.4, -0.2) is 49.9 Å². The van der Waals surface area contributed by atoms with E-state index in [0.29, 0.717) is 19.0 Å². The molecule has 4 rings (SSSR count). The van der Waals surface area contributed by atoms with Crippen LogP contribution >= 0.6 is 0 Å². The Balaban J connectivity index is 1.68. The zero-order valence-corrected chi connectivity index (χ0v) is 15.6. The molecule has 0 aromatic carbocycles. The minimum atomic E-state index is -0.113. The van der Waals surface area contributed by atoms with E-state index in [1.165, 1.54) is 6.33 Å². The molecule has 28 heavy (non-hydrogen) atoms. The van der Waals surface area contributed by atoms with Crippen molar-refractivity contribution in [2.45, 2.75) is 25.8 Å². The highest BCUT2D eigenvalue weighted by molar-refractivity contribution is 5.97. The van der Waals surface area contributed by atoms with Crippen LogP contribution in [0.15, 0.2) is 37.1 Å². The fraction of sp³-hybridized carbons (Fsp3) is 0.350. The second kappa shape index (κ2) is 7.64. The van der Waals surface area contributed by atoms with Gasteiger partial charge in [0.15, 0.2) is 0 Å². The Morgan fingerprint density at radius 1 is 1.39 bits per heavy atom. The summed E-state index contributed by atoms with van der Waals surface area (Å²) in [4.78, 5) is 30.0. The lowest BCUT2D eigenvalue weighted by atomic mass is 9.95. The van der Waals surface area contributed by atoms with Crippen molar-refractivity contribution in [3.05, 3.63) is 37.1 Å². The first-order chi connectivity index (χ1) is 13.7. The number of nitrogens with zero attached hydrogens (tertiary/aromatic N) is 5. The van der Waals surface area contributed by atoms with Gasteiger partial charge in [-0.1, -0.05) is 6.92 Å². The van der Waals surface area contributed by atoms with E-state index < -0.39 is 0 Å². The largest absolute Gasteiger partial charge is 0.379 e. The number of carbonyl (C=O) groups excluding carboxylic acids is 1. The quantitative estimate of drug-likeness (QED) is 0.725. The van der Waals surface area contributed by atoms with Gasteiger partial charge >= 0.3 is 0 Å². The van der Waals surface area contributed by atoms with E-state index in [2.05, 4.69) is 32.2 Å². The number of aromatic nitrogens is 4. The van der Waals surface area contributed by atoms with Crippen LogP contribution in [0.25, 0.3) is 22.3 Å². The van der Waals surface area contributed by atoms with Gasteiger partial charge in [0.2, 0.25) is 5.91 Å². The van der Waals surface area contributed by atoms with Gasteiger partial charge in [0.1, 0.15) is 18.4 Å². The van der Waals surface area contributed by atoms with Crippen LogP contribution in [0.1, 0.15) is 19.8 Å². The Kier molecular flexibility index (Phi) is 4.89. The van der Waals surface area contributed by atoms with Crippen molar-refractivity contribution in [3.63, 3.8) is 0 Å². The molecule has 8 heteroatoms. The number of nitriles is 1. The number of anilines is 1. The number of nitrogens with one attached hydrogen (secondary N) is 2. The van der Waals surface area contributed by atoms with E-state index >= 15 is 0 Å². The van der Waals surface area contributed by atoms with E-state index in [9.17, 15) is 4.79 Å². The number of rotatable bonds is 4. The van der Waals surface area contributed by atoms with Crippen molar-refractivity contribution >= 4 is 22.6 Å². The standard InChI is InChI=1S/C20H21N7O/c1-13-8-14(11-27(10-13)18(28)2-5-21)26-19-15-3-7-23-20(15)24-9-16(19)17-4-6-22-12-25-17/h3-4,6-7,9,12-14H,2,8,10-11H2,1H3,(H2,23,24,26)/t13-,14?/m1/s1. The van der Waals surface area contributed by atoms with Crippen molar-refractivity contribution in [1.82, 2.24) is 24.8 Å². The molecule has 1 aliphatic rings. The van der Waals surface area contributed by atoms with E-state index in [-0.39, 0.29) is 18.4 Å². The fourth-order valence-electron chi connectivity index (χ4n) is 3.85. The van der Waals surface area contributed by atoms with Crippen LogP contribution in [0.4, 0.5) is 5.69 Å². The first kappa shape index (κ1) is 17.9. The lowest BCUT2D eigenvalue weighted by Crippen LogP contribution is -2.48. The van der Waals surface area contributed by atoms with Gasteiger partial charge in [-0.3, -0.25) is 4.79 Å². The number of likely N-dealkylation sites (tertiary alicyclic amines) is 1. The summed E-state index contributed by atoms with van der Waals surface area (Å²) >= 11 is 0. The van der Waals surface area contributed by atoms with E-state index in [4.69, 9.17) is 5.26 Å². The average molecular weight is 375 g/mol. The Morgan fingerprint density at radius 2 is 2.29 bits per heavy atom. The Morgan fingerprint density at radius 3 is 3.07 bits per heavy atom. The molecule has 2 atom stereocenters. The first-order valence-corrected chi connectivity index (χ1v) is 9.29. The maximum absolute atomic E-state index is 12.2. The summed E-state index contributed by atoms with van der Waals surface area (Å²) < 4.78 is 0. The average Bonchev–Trinajstić information content (AvgIpc) is 3.18. The maximum atomic E-state index is 12.2. The van der Waals surface area contributed by atoms with Crippen molar-refractivity contribution in [1.29, 1.82) is 5.26 Å².